The number of aromatic nitrogens is 3. The number of nitrogens with zero attached hydrogens (tertiary/aromatic N) is 4. The highest BCUT2D eigenvalue weighted by Gasteiger charge is 2.20. The first-order valence-electron chi connectivity index (χ1n) is 10.5. The lowest BCUT2D eigenvalue weighted by Gasteiger charge is -2.14. The SMILES string of the molecule is Cc1ccc(Cl)cc1-n1c(CNC(=O)c2ccc(Cl)c([N+](=O)[O-])c2)nnc1SCc1ccc(F)cc1. The van der Waals surface area contributed by atoms with E-state index in [9.17, 15) is 19.3 Å². The van der Waals surface area contributed by atoms with Crippen molar-refractivity contribution in [2.45, 2.75) is 24.4 Å². The summed E-state index contributed by atoms with van der Waals surface area (Å²) in [6.07, 6.45) is 0. The van der Waals surface area contributed by atoms with E-state index in [0.717, 1.165) is 22.9 Å². The Morgan fingerprint density at radius 3 is 2.58 bits per heavy atom. The van der Waals surface area contributed by atoms with Gasteiger partial charge in [0.05, 0.1) is 17.2 Å². The fourth-order valence-corrected chi connectivity index (χ4v) is 4.63. The third-order valence-electron chi connectivity index (χ3n) is 5.21. The van der Waals surface area contributed by atoms with Gasteiger partial charge in [0.25, 0.3) is 11.6 Å². The number of benzene rings is 3. The van der Waals surface area contributed by atoms with Crippen LogP contribution < -0.4 is 5.32 Å². The number of nitrogens with one attached hydrogen (secondary N) is 1. The van der Waals surface area contributed by atoms with Crippen LogP contribution >= 0.6 is 35.0 Å². The Hall–Kier alpha value is -3.47. The maximum absolute atomic E-state index is 13.3. The highest BCUT2D eigenvalue weighted by Crippen LogP contribution is 2.29. The van der Waals surface area contributed by atoms with Crippen molar-refractivity contribution in [3.8, 4) is 5.69 Å². The van der Waals surface area contributed by atoms with E-state index in [2.05, 4.69) is 15.5 Å². The summed E-state index contributed by atoms with van der Waals surface area (Å²) in [5.74, 6) is 0.0932. The van der Waals surface area contributed by atoms with E-state index >= 15 is 0 Å². The van der Waals surface area contributed by atoms with Crippen LogP contribution in [0.15, 0.2) is 65.8 Å². The van der Waals surface area contributed by atoms with Crippen molar-refractivity contribution in [2.24, 2.45) is 0 Å². The summed E-state index contributed by atoms with van der Waals surface area (Å²) in [7, 11) is 0. The molecule has 12 heteroatoms. The van der Waals surface area contributed by atoms with Crippen molar-refractivity contribution >= 4 is 46.6 Å². The number of amides is 1. The average Bonchev–Trinajstić information content (AvgIpc) is 3.26. The largest absolute Gasteiger partial charge is 0.345 e. The molecular weight excluding hydrogens is 528 g/mol. The first-order chi connectivity index (χ1) is 17.2. The topological polar surface area (TPSA) is 103 Å². The first-order valence-corrected chi connectivity index (χ1v) is 12.3. The van der Waals surface area contributed by atoms with Crippen molar-refractivity contribution in [3.05, 3.63) is 109 Å². The zero-order valence-corrected chi connectivity index (χ0v) is 21.1. The second-order valence-electron chi connectivity index (χ2n) is 7.69. The van der Waals surface area contributed by atoms with Gasteiger partial charge < -0.3 is 5.32 Å². The zero-order chi connectivity index (χ0) is 25.8. The number of rotatable bonds is 8. The Balaban J connectivity index is 1.61. The molecule has 0 fully saturated rings. The molecule has 4 rings (SSSR count). The van der Waals surface area contributed by atoms with Gasteiger partial charge in [0.15, 0.2) is 11.0 Å². The van der Waals surface area contributed by atoms with Crippen LogP contribution in [0.2, 0.25) is 10.0 Å². The minimum absolute atomic E-state index is 0.00861. The molecule has 0 radical (unpaired) electrons. The highest BCUT2D eigenvalue weighted by molar-refractivity contribution is 7.98. The smallest absolute Gasteiger partial charge is 0.288 e. The van der Waals surface area contributed by atoms with Crippen LogP contribution in [0.25, 0.3) is 5.69 Å². The molecule has 0 atom stereocenters. The number of hydrogen-bond acceptors (Lipinski definition) is 6. The van der Waals surface area contributed by atoms with Gasteiger partial charge >= 0.3 is 0 Å². The zero-order valence-electron chi connectivity index (χ0n) is 18.7. The van der Waals surface area contributed by atoms with E-state index in [1.807, 2.05) is 13.0 Å². The van der Waals surface area contributed by atoms with Crippen LogP contribution in [0, 0.1) is 22.9 Å². The molecule has 0 aliphatic rings. The van der Waals surface area contributed by atoms with Crippen LogP contribution in [0.4, 0.5) is 10.1 Å². The van der Waals surface area contributed by atoms with E-state index in [0.29, 0.717) is 21.8 Å². The van der Waals surface area contributed by atoms with Crippen molar-refractivity contribution < 1.29 is 14.1 Å². The van der Waals surface area contributed by atoms with Gasteiger partial charge in [-0.25, -0.2) is 4.39 Å². The van der Waals surface area contributed by atoms with Crippen molar-refractivity contribution in [2.75, 3.05) is 0 Å². The number of hydrogen-bond donors (Lipinski definition) is 1. The molecule has 0 aliphatic heterocycles. The van der Waals surface area contributed by atoms with Crippen LogP contribution in [-0.4, -0.2) is 25.6 Å². The highest BCUT2D eigenvalue weighted by atomic mass is 35.5. The fourth-order valence-electron chi connectivity index (χ4n) is 3.36. The van der Waals surface area contributed by atoms with Crippen LogP contribution in [0.5, 0.6) is 0 Å². The van der Waals surface area contributed by atoms with Gasteiger partial charge in [-0.15, -0.1) is 10.2 Å². The second kappa shape index (κ2) is 11.1. The molecule has 4 aromatic rings. The van der Waals surface area contributed by atoms with Gasteiger partial charge in [0.1, 0.15) is 10.8 Å². The quantitative estimate of drug-likeness (QED) is 0.162. The Morgan fingerprint density at radius 2 is 1.86 bits per heavy atom. The van der Waals surface area contributed by atoms with Gasteiger partial charge in [0.2, 0.25) is 0 Å². The van der Waals surface area contributed by atoms with Crippen molar-refractivity contribution in [1.29, 1.82) is 0 Å². The molecule has 1 aromatic heterocycles. The predicted octanol–water partition coefficient (Wildman–Crippen LogP) is 6.15. The normalized spacial score (nSPS) is 10.9. The molecule has 1 heterocycles. The van der Waals surface area contributed by atoms with Crippen LogP contribution in [0.1, 0.15) is 27.3 Å². The number of nitro groups is 1. The molecule has 36 heavy (non-hydrogen) atoms. The molecule has 3 aromatic carbocycles. The average molecular weight is 546 g/mol. The van der Waals surface area contributed by atoms with Gasteiger partial charge in [-0.2, -0.15) is 0 Å². The summed E-state index contributed by atoms with van der Waals surface area (Å²) in [4.78, 5) is 23.2. The minimum Gasteiger partial charge on any atom is -0.345 e. The summed E-state index contributed by atoms with van der Waals surface area (Å²) < 4.78 is 15.0. The molecule has 0 aliphatic carbocycles. The van der Waals surface area contributed by atoms with Gasteiger partial charge in [-0.1, -0.05) is 53.2 Å². The molecule has 0 unspecified atom stereocenters. The molecule has 0 spiro atoms. The summed E-state index contributed by atoms with van der Waals surface area (Å²) >= 11 is 13.5. The number of carbonyl (C=O) groups is 1. The van der Waals surface area contributed by atoms with Gasteiger partial charge in [0, 0.05) is 22.4 Å². The molecule has 0 bridgehead atoms. The molecule has 0 saturated heterocycles. The summed E-state index contributed by atoms with van der Waals surface area (Å²) in [5.41, 5.74) is 2.27. The van der Waals surface area contributed by atoms with Crippen LogP contribution in [0.3, 0.4) is 0 Å². The molecule has 184 valence electrons. The maximum atomic E-state index is 13.3. The lowest BCUT2D eigenvalue weighted by molar-refractivity contribution is -0.384. The van der Waals surface area contributed by atoms with Crippen molar-refractivity contribution in [1.82, 2.24) is 20.1 Å². The Bertz CT molecular complexity index is 1450. The van der Waals surface area contributed by atoms with E-state index in [1.54, 1.807) is 28.8 Å². The lowest BCUT2D eigenvalue weighted by atomic mass is 10.2. The summed E-state index contributed by atoms with van der Waals surface area (Å²) in [6.45, 7) is 1.90. The Kier molecular flexibility index (Phi) is 7.88. The fraction of sp³-hybridized carbons (Fsp3) is 0.125. The standard InChI is InChI=1S/C24H18Cl2FN5O3S/c1-14-2-6-17(25)11-20(14)31-22(29-30-24(31)36-13-15-3-7-18(27)8-4-15)12-28-23(33)16-5-9-19(26)21(10-16)32(34)35/h2-11H,12-13H2,1H3,(H,28,33). The van der Waals surface area contributed by atoms with E-state index < -0.39 is 10.8 Å². The van der Waals surface area contributed by atoms with Crippen molar-refractivity contribution in [3.63, 3.8) is 0 Å². The molecular formula is C24H18Cl2FN5O3S. The van der Waals surface area contributed by atoms with E-state index in [1.165, 1.54) is 36.0 Å². The predicted molar refractivity (Wildman–Crippen MR) is 136 cm³/mol. The molecule has 1 amide bonds. The van der Waals surface area contributed by atoms with Gasteiger partial charge in [-0.05, 0) is 54.4 Å². The maximum Gasteiger partial charge on any atom is 0.288 e. The molecule has 8 nitrogen and oxygen atoms in total. The summed E-state index contributed by atoms with van der Waals surface area (Å²) in [6, 6.07) is 15.4. The first kappa shape index (κ1) is 25.6. The summed E-state index contributed by atoms with van der Waals surface area (Å²) in [5, 5.41) is 23.4. The number of nitro benzene ring substituents is 1. The second-order valence-corrected chi connectivity index (χ2v) is 9.47. The lowest BCUT2D eigenvalue weighted by Crippen LogP contribution is -2.25. The number of aryl methyl sites for hydroxylation is 1. The van der Waals surface area contributed by atoms with Gasteiger partial charge in [-0.3, -0.25) is 19.5 Å². The number of thioether (sulfide) groups is 1. The minimum atomic E-state index is -0.651. The third kappa shape index (κ3) is 5.84. The Morgan fingerprint density at radius 1 is 1.11 bits per heavy atom. The number of halogens is 3. The van der Waals surface area contributed by atoms with E-state index in [-0.39, 0.29) is 28.6 Å². The number of carbonyl (C=O) groups excluding carboxylic acids is 1. The van der Waals surface area contributed by atoms with E-state index in [4.69, 9.17) is 23.2 Å². The Labute approximate surface area is 219 Å². The van der Waals surface area contributed by atoms with Crippen LogP contribution in [-0.2, 0) is 12.3 Å². The molecule has 0 saturated carbocycles. The third-order valence-corrected chi connectivity index (χ3v) is 6.76. The monoisotopic (exact) mass is 545 g/mol. The molecule has 1 N–H and O–H groups in total.